The number of hydrogen-bond donors (Lipinski definition) is 0. The second kappa shape index (κ2) is 6.36. The van der Waals surface area contributed by atoms with Gasteiger partial charge in [0.25, 0.3) is 0 Å². The molecule has 21 heavy (non-hydrogen) atoms. The molecule has 0 N–H and O–H groups in total. The number of nitrogens with zero attached hydrogens (tertiary/aromatic N) is 1. The van der Waals surface area contributed by atoms with Crippen LogP contribution in [0.1, 0.15) is 13.3 Å². The van der Waals surface area contributed by atoms with E-state index in [1.54, 1.807) is 25.1 Å². The molecular formula is C14H17NO5S. The standard InChI is InChI=1S/C14H17NO5S/c1-2-20-14(17)12-8-9-15(10-13(12)16)21(18,19)11-6-4-3-5-7-11/h3-7,12H,2,8-10H2,1H3. The maximum absolute atomic E-state index is 12.4. The summed E-state index contributed by atoms with van der Waals surface area (Å²) in [4.78, 5) is 23.8. The monoisotopic (exact) mass is 311 g/mol. The van der Waals surface area contributed by atoms with Crippen molar-refractivity contribution in [3.05, 3.63) is 30.3 Å². The van der Waals surface area contributed by atoms with Crippen LogP contribution >= 0.6 is 0 Å². The average Bonchev–Trinajstić information content (AvgIpc) is 2.48. The van der Waals surface area contributed by atoms with Crippen LogP contribution in [-0.2, 0) is 24.3 Å². The Balaban J connectivity index is 2.13. The van der Waals surface area contributed by atoms with E-state index < -0.39 is 27.7 Å². The highest BCUT2D eigenvalue weighted by Gasteiger charge is 2.38. The molecule has 0 bridgehead atoms. The van der Waals surface area contributed by atoms with Gasteiger partial charge in [-0.15, -0.1) is 0 Å². The Bertz CT molecular complexity index is 626. The van der Waals surface area contributed by atoms with Gasteiger partial charge in [0, 0.05) is 6.54 Å². The molecular weight excluding hydrogens is 294 g/mol. The Morgan fingerprint density at radius 3 is 2.57 bits per heavy atom. The Morgan fingerprint density at radius 2 is 2.00 bits per heavy atom. The number of sulfonamides is 1. The Morgan fingerprint density at radius 1 is 1.33 bits per heavy atom. The number of benzene rings is 1. The lowest BCUT2D eigenvalue weighted by molar-refractivity contribution is -0.153. The van der Waals surface area contributed by atoms with E-state index in [2.05, 4.69) is 0 Å². The first-order valence-corrected chi connectivity index (χ1v) is 8.15. The molecule has 0 amide bonds. The van der Waals surface area contributed by atoms with Gasteiger partial charge in [-0.25, -0.2) is 8.42 Å². The van der Waals surface area contributed by atoms with Gasteiger partial charge >= 0.3 is 5.97 Å². The van der Waals surface area contributed by atoms with E-state index in [1.807, 2.05) is 0 Å². The smallest absolute Gasteiger partial charge is 0.316 e. The van der Waals surface area contributed by atoms with Gasteiger partial charge in [0.2, 0.25) is 10.0 Å². The number of carbonyl (C=O) groups is 2. The lowest BCUT2D eigenvalue weighted by atomic mass is 9.97. The summed E-state index contributed by atoms with van der Waals surface area (Å²) in [5.41, 5.74) is 0. The third-order valence-corrected chi connectivity index (χ3v) is 5.20. The quantitative estimate of drug-likeness (QED) is 0.608. The molecule has 114 valence electrons. The molecule has 0 saturated carbocycles. The van der Waals surface area contributed by atoms with Crippen LogP contribution in [-0.4, -0.2) is 44.2 Å². The minimum Gasteiger partial charge on any atom is -0.465 e. The molecule has 1 heterocycles. The summed E-state index contributed by atoms with van der Waals surface area (Å²) < 4.78 is 30.7. The largest absolute Gasteiger partial charge is 0.465 e. The number of ether oxygens (including phenoxy) is 1. The van der Waals surface area contributed by atoms with Crippen molar-refractivity contribution < 1.29 is 22.7 Å². The average molecular weight is 311 g/mol. The van der Waals surface area contributed by atoms with Crippen LogP contribution in [0.4, 0.5) is 0 Å². The molecule has 1 aromatic rings. The van der Waals surface area contributed by atoms with Crippen molar-refractivity contribution >= 4 is 21.8 Å². The van der Waals surface area contributed by atoms with Crippen molar-refractivity contribution in [2.75, 3.05) is 19.7 Å². The summed E-state index contributed by atoms with van der Waals surface area (Å²) in [6, 6.07) is 7.94. The number of piperidine rings is 1. The molecule has 0 aliphatic carbocycles. The number of rotatable bonds is 4. The number of esters is 1. The topological polar surface area (TPSA) is 80.8 Å². The molecule has 1 unspecified atom stereocenters. The summed E-state index contributed by atoms with van der Waals surface area (Å²) in [6.45, 7) is 1.71. The maximum atomic E-state index is 12.4. The van der Waals surface area contributed by atoms with E-state index >= 15 is 0 Å². The van der Waals surface area contributed by atoms with Gasteiger partial charge in [-0.3, -0.25) is 9.59 Å². The summed E-state index contributed by atoms with van der Waals surface area (Å²) in [7, 11) is -3.70. The first kappa shape index (κ1) is 15.7. The fourth-order valence-electron chi connectivity index (χ4n) is 2.24. The van der Waals surface area contributed by atoms with Gasteiger partial charge < -0.3 is 4.74 Å². The Hall–Kier alpha value is -1.73. The van der Waals surface area contributed by atoms with E-state index in [0.29, 0.717) is 0 Å². The molecule has 1 aromatic carbocycles. The molecule has 1 aliphatic rings. The van der Waals surface area contributed by atoms with E-state index in [9.17, 15) is 18.0 Å². The van der Waals surface area contributed by atoms with Crippen molar-refractivity contribution in [3.63, 3.8) is 0 Å². The highest BCUT2D eigenvalue weighted by atomic mass is 32.2. The molecule has 2 rings (SSSR count). The zero-order valence-corrected chi connectivity index (χ0v) is 12.5. The normalized spacial score (nSPS) is 20.2. The van der Waals surface area contributed by atoms with Crippen LogP contribution in [0.5, 0.6) is 0 Å². The summed E-state index contributed by atoms with van der Waals surface area (Å²) >= 11 is 0. The highest BCUT2D eigenvalue weighted by Crippen LogP contribution is 2.22. The van der Waals surface area contributed by atoms with E-state index in [0.717, 1.165) is 4.31 Å². The van der Waals surface area contributed by atoms with Crippen LogP contribution in [0.25, 0.3) is 0 Å². The fourth-order valence-corrected chi connectivity index (χ4v) is 3.68. The van der Waals surface area contributed by atoms with Gasteiger partial charge in [0.15, 0.2) is 5.78 Å². The van der Waals surface area contributed by atoms with Gasteiger partial charge in [-0.1, -0.05) is 18.2 Å². The zero-order valence-electron chi connectivity index (χ0n) is 11.7. The second-order valence-corrected chi connectivity index (χ2v) is 6.65. The predicted molar refractivity (Wildman–Crippen MR) is 74.9 cm³/mol. The number of hydrogen-bond acceptors (Lipinski definition) is 5. The van der Waals surface area contributed by atoms with Crippen LogP contribution in [0.15, 0.2) is 35.2 Å². The van der Waals surface area contributed by atoms with Crippen LogP contribution in [0, 0.1) is 5.92 Å². The van der Waals surface area contributed by atoms with Crippen molar-refractivity contribution in [3.8, 4) is 0 Å². The molecule has 1 aliphatic heterocycles. The molecule has 0 aromatic heterocycles. The van der Waals surface area contributed by atoms with Gasteiger partial charge in [0.05, 0.1) is 18.0 Å². The van der Waals surface area contributed by atoms with E-state index in [4.69, 9.17) is 4.74 Å². The number of Topliss-reactive ketones (excluding diaryl/α,β-unsaturated/α-hetero) is 1. The SMILES string of the molecule is CCOC(=O)C1CCN(S(=O)(=O)c2ccccc2)CC1=O. The summed E-state index contributed by atoms with van der Waals surface area (Å²) in [5.74, 6) is -1.84. The summed E-state index contributed by atoms with van der Waals surface area (Å²) in [6.07, 6.45) is 0.156. The highest BCUT2D eigenvalue weighted by molar-refractivity contribution is 7.89. The Labute approximate surface area is 123 Å². The van der Waals surface area contributed by atoms with Crippen LogP contribution < -0.4 is 0 Å². The number of ketones is 1. The van der Waals surface area contributed by atoms with Gasteiger partial charge in [-0.05, 0) is 25.5 Å². The molecule has 1 atom stereocenters. The van der Waals surface area contributed by atoms with Crippen molar-refractivity contribution in [1.29, 1.82) is 0 Å². The third kappa shape index (κ3) is 3.30. The van der Waals surface area contributed by atoms with Crippen molar-refractivity contribution in [2.24, 2.45) is 5.92 Å². The van der Waals surface area contributed by atoms with Gasteiger partial charge in [-0.2, -0.15) is 4.31 Å². The van der Waals surface area contributed by atoms with Crippen molar-refractivity contribution in [1.82, 2.24) is 4.31 Å². The first-order valence-electron chi connectivity index (χ1n) is 6.71. The van der Waals surface area contributed by atoms with E-state index in [1.165, 1.54) is 12.1 Å². The molecule has 0 spiro atoms. The van der Waals surface area contributed by atoms with Gasteiger partial charge in [0.1, 0.15) is 5.92 Å². The summed E-state index contributed by atoms with van der Waals surface area (Å²) in [5, 5.41) is 0. The maximum Gasteiger partial charge on any atom is 0.316 e. The minimum absolute atomic E-state index is 0.131. The van der Waals surface area contributed by atoms with Crippen LogP contribution in [0.3, 0.4) is 0 Å². The number of carbonyl (C=O) groups excluding carboxylic acids is 2. The molecule has 1 fully saturated rings. The molecule has 7 heteroatoms. The van der Waals surface area contributed by atoms with Crippen molar-refractivity contribution in [2.45, 2.75) is 18.2 Å². The lowest BCUT2D eigenvalue weighted by Gasteiger charge is -2.29. The lowest BCUT2D eigenvalue weighted by Crippen LogP contribution is -2.46. The van der Waals surface area contributed by atoms with E-state index in [-0.39, 0.29) is 31.0 Å². The molecule has 0 radical (unpaired) electrons. The minimum atomic E-state index is -3.70. The second-order valence-electron chi connectivity index (χ2n) is 4.71. The third-order valence-electron chi connectivity index (χ3n) is 3.34. The molecule has 6 nitrogen and oxygen atoms in total. The molecule has 1 saturated heterocycles. The zero-order chi connectivity index (χ0) is 15.5. The van der Waals surface area contributed by atoms with Crippen LogP contribution in [0.2, 0.25) is 0 Å². The Kier molecular flexibility index (Phi) is 4.74. The fraction of sp³-hybridized carbons (Fsp3) is 0.429. The predicted octanol–water partition coefficient (Wildman–Crippen LogP) is 0.829. The first-order chi connectivity index (χ1) is 9.96.